The summed E-state index contributed by atoms with van der Waals surface area (Å²) in [4.78, 5) is 27.9. The van der Waals surface area contributed by atoms with E-state index in [0.29, 0.717) is 41.1 Å². The van der Waals surface area contributed by atoms with Gasteiger partial charge in [-0.25, -0.2) is 0 Å². The summed E-state index contributed by atoms with van der Waals surface area (Å²) in [5, 5.41) is 20.0. The van der Waals surface area contributed by atoms with Crippen LogP contribution in [-0.2, 0) is 19.1 Å². The number of Topliss-reactive ketones (excluding diaryl/α,β-unsaturated/α-hetero) is 1. The normalized spacial score (nSPS) is 12.0. The third-order valence-corrected chi connectivity index (χ3v) is 6.69. The number of hydrogen-bond donors (Lipinski definition) is 2. The molecule has 41 heavy (non-hydrogen) atoms. The molecule has 6 nitrogen and oxygen atoms in total. The second-order valence-corrected chi connectivity index (χ2v) is 9.63. The van der Waals surface area contributed by atoms with Crippen molar-refractivity contribution in [1.29, 1.82) is 0 Å². The monoisotopic (exact) mass is 563 g/mol. The van der Waals surface area contributed by atoms with Gasteiger partial charge in [0, 0.05) is 23.2 Å². The summed E-state index contributed by atoms with van der Waals surface area (Å²) in [6, 6.07) is 23.3. The maximum atomic E-state index is 13.6. The number of carbonyl (C=O) groups is 2. The van der Waals surface area contributed by atoms with E-state index in [0.717, 1.165) is 5.56 Å². The molecule has 0 saturated heterocycles. The predicted molar refractivity (Wildman–Crippen MR) is 148 cm³/mol. The molecule has 0 aliphatic carbocycles. The molecule has 0 fully saturated rings. The SMILES string of the molecule is COc1ccc(CC(C)C(=O)c2ccc(N(Cc3ccccc3)C(=O)c3cc(C(F)(F)F)c(O)cc3O)cc2)cc1. The Labute approximate surface area is 235 Å². The first-order chi connectivity index (χ1) is 19.5. The molecule has 0 spiro atoms. The highest BCUT2D eigenvalue weighted by Crippen LogP contribution is 2.40. The fraction of sp³-hybridized carbons (Fsp3) is 0.188. The molecule has 212 valence electrons. The zero-order valence-electron chi connectivity index (χ0n) is 22.4. The van der Waals surface area contributed by atoms with Crippen molar-refractivity contribution in [2.45, 2.75) is 26.1 Å². The van der Waals surface area contributed by atoms with Crippen LogP contribution in [0.5, 0.6) is 17.2 Å². The molecule has 4 aromatic rings. The van der Waals surface area contributed by atoms with Crippen molar-refractivity contribution in [3.05, 3.63) is 119 Å². The summed E-state index contributed by atoms with van der Waals surface area (Å²) in [5.41, 5.74) is 0.302. The van der Waals surface area contributed by atoms with Crippen molar-refractivity contribution in [1.82, 2.24) is 0 Å². The van der Waals surface area contributed by atoms with Gasteiger partial charge in [-0.05, 0) is 60.0 Å². The van der Waals surface area contributed by atoms with E-state index in [1.54, 1.807) is 49.6 Å². The third kappa shape index (κ3) is 6.87. The summed E-state index contributed by atoms with van der Waals surface area (Å²) in [7, 11) is 1.58. The zero-order valence-corrected chi connectivity index (χ0v) is 22.4. The molecule has 0 saturated carbocycles. The van der Waals surface area contributed by atoms with Gasteiger partial charge in [-0.2, -0.15) is 13.2 Å². The van der Waals surface area contributed by atoms with Crippen LogP contribution in [-0.4, -0.2) is 29.0 Å². The Morgan fingerprint density at radius 1 is 0.854 bits per heavy atom. The molecule has 0 aliphatic rings. The minimum Gasteiger partial charge on any atom is -0.507 e. The highest BCUT2D eigenvalue weighted by molar-refractivity contribution is 6.08. The van der Waals surface area contributed by atoms with E-state index in [4.69, 9.17) is 4.74 Å². The summed E-state index contributed by atoms with van der Waals surface area (Å²) < 4.78 is 45.5. The Hall–Kier alpha value is -4.79. The van der Waals surface area contributed by atoms with E-state index in [-0.39, 0.29) is 18.2 Å². The minimum atomic E-state index is -4.94. The van der Waals surface area contributed by atoms with Crippen LogP contribution in [0.25, 0.3) is 0 Å². The fourth-order valence-electron chi connectivity index (χ4n) is 4.47. The number of alkyl halides is 3. The van der Waals surface area contributed by atoms with Gasteiger partial charge in [0.1, 0.15) is 17.2 Å². The van der Waals surface area contributed by atoms with Crippen LogP contribution in [0, 0.1) is 5.92 Å². The number of phenolic OH excluding ortho intramolecular Hbond substituents is 2. The average Bonchev–Trinajstić information content (AvgIpc) is 2.95. The van der Waals surface area contributed by atoms with E-state index in [2.05, 4.69) is 0 Å². The number of benzene rings is 4. The van der Waals surface area contributed by atoms with Gasteiger partial charge in [0.2, 0.25) is 0 Å². The first-order valence-corrected chi connectivity index (χ1v) is 12.7. The largest absolute Gasteiger partial charge is 0.507 e. The van der Waals surface area contributed by atoms with Crippen LogP contribution in [0.1, 0.15) is 44.3 Å². The number of carbonyl (C=O) groups excluding carboxylic acids is 2. The van der Waals surface area contributed by atoms with Gasteiger partial charge in [0.25, 0.3) is 5.91 Å². The van der Waals surface area contributed by atoms with Crippen LogP contribution < -0.4 is 9.64 Å². The number of rotatable bonds is 9. The highest BCUT2D eigenvalue weighted by atomic mass is 19.4. The van der Waals surface area contributed by atoms with Gasteiger partial charge in [0.15, 0.2) is 5.78 Å². The first kappa shape index (κ1) is 29.2. The number of ether oxygens (including phenoxy) is 1. The number of hydrogen-bond acceptors (Lipinski definition) is 5. The molecule has 0 heterocycles. The fourth-order valence-corrected chi connectivity index (χ4v) is 4.47. The smallest absolute Gasteiger partial charge is 0.419 e. The molecule has 0 radical (unpaired) electrons. The lowest BCUT2D eigenvalue weighted by Crippen LogP contribution is -2.31. The molecule has 4 rings (SSSR count). The summed E-state index contributed by atoms with van der Waals surface area (Å²) in [5.74, 6) is -2.63. The first-order valence-electron chi connectivity index (χ1n) is 12.7. The Morgan fingerprint density at radius 2 is 1.49 bits per heavy atom. The quantitative estimate of drug-likeness (QED) is 0.214. The minimum absolute atomic E-state index is 0.0253. The van der Waals surface area contributed by atoms with Gasteiger partial charge >= 0.3 is 6.18 Å². The molecule has 1 atom stereocenters. The van der Waals surface area contributed by atoms with Gasteiger partial charge < -0.3 is 19.8 Å². The van der Waals surface area contributed by atoms with Gasteiger partial charge in [0.05, 0.1) is 24.8 Å². The number of methoxy groups -OCH3 is 1. The highest BCUT2D eigenvalue weighted by Gasteiger charge is 2.36. The maximum Gasteiger partial charge on any atom is 0.419 e. The van der Waals surface area contributed by atoms with Crippen LogP contribution in [0.2, 0.25) is 0 Å². The molecule has 0 bridgehead atoms. The van der Waals surface area contributed by atoms with Gasteiger partial charge in [-0.1, -0.05) is 49.4 Å². The van der Waals surface area contributed by atoms with Crippen LogP contribution >= 0.6 is 0 Å². The summed E-state index contributed by atoms with van der Waals surface area (Å²) in [6.45, 7) is 1.79. The van der Waals surface area contributed by atoms with Crippen LogP contribution in [0.15, 0.2) is 91.0 Å². The molecular formula is C32H28F3NO5. The van der Waals surface area contributed by atoms with Crippen molar-refractivity contribution in [3.63, 3.8) is 0 Å². The second-order valence-electron chi connectivity index (χ2n) is 9.63. The van der Waals surface area contributed by atoms with Crippen molar-refractivity contribution < 1.29 is 37.7 Å². The third-order valence-electron chi connectivity index (χ3n) is 6.69. The number of phenols is 2. The van der Waals surface area contributed by atoms with E-state index < -0.39 is 34.7 Å². The summed E-state index contributed by atoms with van der Waals surface area (Å²) in [6.07, 6.45) is -4.44. The van der Waals surface area contributed by atoms with Crippen LogP contribution in [0.3, 0.4) is 0 Å². The second kappa shape index (κ2) is 12.2. The molecule has 0 aromatic heterocycles. The zero-order chi connectivity index (χ0) is 29.7. The lowest BCUT2D eigenvalue weighted by molar-refractivity contribution is -0.138. The summed E-state index contributed by atoms with van der Waals surface area (Å²) >= 11 is 0. The van der Waals surface area contributed by atoms with Crippen molar-refractivity contribution in [2.24, 2.45) is 5.92 Å². The Bertz CT molecular complexity index is 1520. The number of nitrogens with zero attached hydrogens (tertiary/aromatic N) is 1. The molecule has 0 aliphatic heterocycles. The van der Waals surface area contributed by atoms with Crippen molar-refractivity contribution in [2.75, 3.05) is 12.0 Å². The number of ketones is 1. The lowest BCUT2D eigenvalue weighted by atomic mass is 9.92. The maximum absolute atomic E-state index is 13.6. The van der Waals surface area contributed by atoms with Crippen LogP contribution in [0.4, 0.5) is 18.9 Å². The standard InChI is InChI=1S/C32H28F3NO5/c1-20(16-21-8-14-25(41-2)15-9-21)30(39)23-10-12-24(13-11-23)36(19-22-6-4-3-5-7-22)31(40)26-17-27(32(33,34)35)29(38)18-28(26)37/h3-15,17-18,20,37-38H,16,19H2,1-2H3. The van der Waals surface area contributed by atoms with Crippen molar-refractivity contribution in [3.8, 4) is 17.2 Å². The lowest BCUT2D eigenvalue weighted by Gasteiger charge is -2.24. The molecule has 9 heteroatoms. The van der Waals surface area contributed by atoms with Gasteiger partial charge in [-0.3, -0.25) is 9.59 Å². The topological polar surface area (TPSA) is 87.1 Å². The molecule has 1 unspecified atom stereocenters. The van der Waals surface area contributed by atoms with E-state index in [9.17, 15) is 33.0 Å². The number of anilines is 1. The predicted octanol–water partition coefficient (Wildman–Crippen LogP) is 7.03. The Morgan fingerprint density at radius 3 is 2.07 bits per heavy atom. The van der Waals surface area contributed by atoms with E-state index >= 15 is 0 Å². The van der Waals surface area contributed by atoms with E-state index in [1.165, 1.54) is 17.0 Å². The van der Waals surface area contributed by atoms with Crippen molar-refractivity contribution >= 4 is 17.4 Å². The Kier molecular flexibility index (Phi) is 8.66. The number of halogens is 3. The number of aromatic hydroxyl groups is 2. The molecule has 4 aromatic carbocycles. The molecular weight excluding hydrogens is 535 g/mol. The Balaban J connectivity index is 1.63. The molecule has 1 amide bonds. The average molecular weight is 564 g/mol. The molecule has 2 N–H and O–H groups in total. The van der Waals surface area contributed by atoms with Gasteiger partial charge in [-0.15, -0.1) is 0 Å². The number of amides is 1. The van der Waals surface area contributed by atoms with E-state index in [1.807, 2.05) is 31.2 Å².